The van der Waals surface area contributed by atoms with Crippen molar-refractivity contribution >= 4 is 19.8 Å². The molecule has 0 aromatic heterocycles. The molecule has 8 heteroatoms. The quantitative estimate of drug-likeness (QED) is 0.400. The van der Waals surface area contributed by atoms with E-state index in [0.29, 0.717) is 6.42 Å². The van der Waals surface area contributed by atoms with Gasteiger partial charge in [0.1, 0.15) is 0 Å². The van der Waals surface area contributed by atoms with Crippen molar-refractivity contribution in [2.45, 2.75) is 13.3 Å². The van der Waals surface area contributed by atoms with Crippen LogP contribution in [0.1, 0.15) is 13.3 Å². The fourth-order valence-electron chi connectivity index (χ4n) is 0.542. The molecule has 0 rings (SSSR count). The van der Waals surface area contributed by atoms with Crippen molar-refractivity contribution < 1.29 is 32.5 Å². The largest absolute Gasteiger partial charge is 0.532 e. The van der Waals surface area contributed by atoms with Crippen LogP contribution >= 0.6 is 7.82 Å². The summed E-state index contributed by atoms with van der Waals surface area (Å²) >= 11 is 0. The van der Waals surface area contributed by atoms with E-state index in [1.54, 1.807) is 6.92 Å². The lowest BCUT2D eigenvalue weighted by molar-refractivity contribution is -0.163. The minimum Gasteiger partial charge on any atom is -0.457 e. The van der Waals surface area contributed by atoms with Gasteiger partial charge in [0.25, 0.3) is 0 Å². The van der Waals surface area contributed by atoms with Gasteiger partial charge >= 0.3 is 19.8 Å². The summed E-state index contributed by atoms with van der Waals surface area (Å²) in [5, 5.41) is 0. The Kier molecular flexibility index (Phi) is 6.15. The van der Waals surface area contributed by atoms with Crippen molar-refractivity contribution in [2.75, 3.05) is 20.8 Å². The SMILES string of the molecule is CCCOC(=O)C(=O)OP(=O)(OC)OC. The van der Waals surface area contributed by atoms with Crippen molar-refractivity contribution in [3.8, 4) is 0 Å². The maximum Gasteiger partial charge on any atom is 0.532 e. The predicted octanol–water partition coefficient (Wildman–Crippen LogP) is 0.884. The van der Waals surface area contributed by atoms with Gasteiger partial charge in [0, 0.05) is 14.2 Å². The highest BCUT2D eigenvalue weighted by Gasteiger charge is 2.32. The first kappa shape index (κ1) is 14.1. The van der Waals surface area contributed by atoms with E-state index in [1.165, 1.54) is 0 Å². The Labute approximate surface area is 87.3 Å². The first-order valence-corrected chi connectivity index (χ1v) is 5.57. The van der Waals surface area contributed by atoms with Crippen LogP contribution in [0.5, 0.6) is 0 Å². The predicted molar refractivity (Wildman–Crippen MR) is 49.0 cm³/mol. The van der Waals surface area contributed by atoms with Gasteiger partial charge in [-0.2, -0.15) is 0 Å². The van der Waals surface area contributed by atoms with E-state index in [4.69, 9.17) is 0 Å². The summed E-state index contributed by atoms with van der Waals surface area (Å²) in [6.45, 7) is 1.84. The minimum absolute atomic E-state index is 0.0815. The van der Waals surface area contributed by atoms with Gasteiger partial charge in [-0.05, 0) is 6.42 Å². The average molecular weight is 240 g/mol. The van der Waals surface area contributed by atoms with Crippen molar-refractivity contribution in [2.24, 2.45) is 0 Å². The highest BCUT2D eigenvalue weighted by atomic mass is 31.2. The van der Waals surface area contributed by atoms with E-state index in [9.17, 15) is 14.2 Å². The zero-order valence-electron chi connectivity index (χ0n) is 8.72. The van der Waals surface area contributed by atoms with Crippen LogP contribution in [0.4, 0.5) is 0 Å². The summed E-state index contributed by atoms with van der Waals surface area (Å²) in [6.07, 6.45) is 0.561. The lowest BCUT2D eigenvalue weighted by atomic mass is 10.5. The summed E-state index contributed by atoms with van der Waals surface area (Å²) in [4.78, 5) is 21.8. The Balaban J connectivity index is 4.23. The molecule has 0 aliphatic heterocycles. The number of rotatable bonds is 5. The summed E-state index contributed by atoms with van der Waals surface area (Å²) < 4.78 is 28.5. The maximum absolute atomic E-state index is 11.2. The molecule has 88 valence electrons. The highest BCUT2D eigenvalue weighted by molar-refractivity contribution is 7.49. The van der Waals surface area contributed by atoms with Crippen LogP contribution in [-0.2, 0) is 32.5 Å². The highest BCUT2D eigenvalue weighted by Crippen LogP contribution is 2.47. The molecule has 0 saturated carbocycles. The Morgan fingerprint density at radius 1 is 1.13 bits per heavy atom. The Morgan fingerprint density at radius 3 is 2.07 bits per heavy atom. The summed E-state index contributed by atoms with van der Waals surface area (Å²) in [5.74, 6) is -2.64. The Hall–Kier alpha value is -0.910. The van der Waals surface area contributed by atoms with Crippen LogP contribution in [0.2, 0.25) is 0 Å². The van der Waals surface area contributed by atoms with Crippen LogP contribution in [0.15, 0.2) is 0 Å². The lowest BCUT2D eigenvalue weighted by Gasteiger charge is -2.11. The van der Waals surface area contributed by atoms with Gasteiger partial charge in [-0.25, -0.2) is 14.2 Å². The molecule has 0 aliphatic rings. The van der Waals surface area contributed by atoms with E-state index in [-0.39, 0.29) is 6.61 Å². The fraction of sp³-hybridized carbons (Fsp3) is 0.714. The van der Waals surface area contributed by atoms with Crippen LogP contribution < -0.4 is 0 Å². The summed E-state index contributed by atoms with van der Waals surface area (Å²) in [5.41, 5.74) is 0. The first-order chi connectivity index (χ1) is 6.99. The van der Waals surface area contributed by atoms with Gasteiger partial charge in [-0.15, -0.1) is 0 Å². The standard InChI is InChI=1S/C7H13O7P/c1-4-5-13-6(8)7(9)14-15(10,11-2)12-3/h4-5H2,1-3H3. The van der Waals surface area contributed by atoms with Crippen molar-refractivity contribution in [3.05, 3.63) is 0 Å². The molecule has 7 nitrogen and oxygen atoms in total. The fourth-order valence-corrected chi connectivity index (χ4v) is 1.12. The van der Waals surface area contributed by atoms with Gasteiger partial charge < -0.3 is 9.26 Å². The molecule has 0 bridgehead atoms. The zero-order chi connectivity index (χ0) is 11.9. The third kappa shape index (κ3) is 4.92. The van der Waals surface area contributed by atoms with Crippen molar-refractivity contribution in [3.63, 3.8) is 0 Å². The number of carbonyl (C=O) groups excluding carboxylic acids is 2. The molecule has 0 aliphatic carbocycles. The van der Waals surface area contributed by atoms with Crippen LogP contribution in [0.25, 0.3) is 0 Å². The third-order valence-electron chi connectivity index (χ3n) is 1.25. The lowest BCUT2D eigenvalue weighted by Crippen LogP contribution is -2.20. The monoisotopic (exact) mass is 240 g/mol. The molecular weight excluding hydrogens is 227 g/mol. The second-order valence-corrected chi connectivity index (χ2v) is 4.13. The van der Waals surface area contributed by atoms with E-state index >= 15 is 0 Å². The average Bonchev–Trinajstić information content (AvgIpc) is 2.25. The number of hydrogen-bond donors (Lipinski definition) is 0. The molecule has 0 amide bonds. The molecule has 0 unspecified atom stereocenters. The van der Waals surface area contributed by atoms with Crippen LogP contribution in [0.3, 0.4) is 0 Å². The van der Waals surface area contributed by atoms with Crippen molar-refractivity contribution in [1.82, 2.24) is 0 Å². The van der Waals surface area contributed by atoms with E-state index < -0.39 is 19.8 Å². The van der Waals surface area contributed by atoms with E-state index in [2.05, 4.69) is 18.3 Å². The summed E-state index contributed by atoms with van der Waals surface area (Å²) in [6, 6.07) is 0. The second-order valence-electron chi connectivity index (χ2n) is 2.33. The van der Waals surface area contributed by atoms with Gasteiger partial charge in [0.15, 0.2) is 0 Å². The number of phosphoric ester groups is 1. The van der Waals surface area contributed by atoms with Crippen LogP contribution in [-0.4, -0.2) is 32.8 Å². The van der Waals surface area contributed by atoms with E-state index in [1.807, 2.05) is 0 Å². The second kappa shape index (κ2) is 6.55. The first-order valence-electron chi connectivity index (χ1n) is 4.11. The summed E-state index contributed by atoms with van der Waals surface area (Å²) in [7, 11) is -1.93. The molecule has 0 heterocycles. The Morgan fingerprint density at radius 2 is 1.67 bits per heavy atom. The molecular formula is C7H13O7P. The smallest absolute Gasteiger partial charge is 0.457 e. The maximum atomic E-state index is 11.2. The normalized spacial score (nSPS) is 10.9. The molecule has 0 spiro atoms. The Bertz CT molecular complexity index is 267. The molecule has 0 aromatic rings. The van der Waals surface area contributed by atoms with Gasteiger partial charge in [0.2, 0.25) is 0 Å². The molecule has 0 N–H and O–H groups in total. The minimum atomic E-state index is -3.97. The zero-order valence-corrected chi connectivity index (χ0v) is 9.61. The molecule has 0 atom stereocenters. The number of esters is 1. The topological polar surface area (TPSA) is 88.1 Å². The van der Waals surface area contributed by atoms with Crippen molar-refractivity contribution in [1.29, 1.82) is 0 Å². The number of hydrogen-bond acceptors (Lipinski definition) is 7. The molecule has 0 saturated heterocycles. The molecule has 15 heavy (non-hydrogen) atoms. The molecule has 0 aromatic carbocycles. The van der Waals surface area contributed by atoms with E-state index in [0.717, 1.165) is 14.2 Å². The van der Waals surface area contributed by atoms with Gasteiger partial charge in [-0.3, -0.25) is 9.05 Å². The number of ether oxygens (including phenoxy) is 1. The number of carbonyl (C=O) groups is 2. The third-order valence-corrected chi connectivity index (χ3v) is 2.53. The molecule has 0 fully saturated rings. The van der Waals surface area contributed by atoms with Crippen LogP contribution in [0, 0.1) is 0 Å². The number of phosphoric acid groups is 1. The molecule has 0 radical (unpaired) electrons. The van der Waals surface area contributed by atoms with Gasteiger partial charge in [0.05, 0.1) is 6.61 Å². The van der Waals surface area contributed by atoms with Gasteiger partial charge in [-0.1, -0.05) is 6.92 Å².